The van der Waals surface area contributed by atoms with Crippen molar-refractivity contribution in [1.82, 2.24) is 14.8 Å². The van der Waals surface area contributed by atoms with E-state index in [0.717, 1.165) is 28.1 Å². The van der Waals surface area contributed by atoms with E-state index in [0.29, 0.717) is 18.0 Å². The van der Waals surface area contributed by atoms with Gasteiger partial charge in [0, 0.05) is 11.7 Å². The first-order valence-electron chi connectivity index (χ1n) is 7.91. The SMILES string of the molecule is N#Cc1cccc(CSc2nnc(C3CC3)n2Cc2ccco2)c1. The maximum atomic E-state index is 9.01. The van der Waals surface area contributed by atoms with Crippen LogP contribution in [0.4, 0.5) is 0 Å². The van der Waals surface area contributed by atoms with Crippen LogP contribution in [-0.4, -0.2) is 14.8 Å². The molecule has 0 radical (unpaired) electrons. The molecule has 1 aliphatic rings. The molecule has 6 heteroatoms. The first-order chi connectivity index (χ1) is 11.8. The van der Waals surface area contributed by atoms with E-state index < -0.39 is 0 Å². The van der Waals surface area contributed by atoms with Gasteiger partial charge in [0.25, 0.3) is 0 Å². The van der Waals surface area contributed by atoms with Crippen LogP contribution in [0.5, 0.6) is 0 Å². The molecule has 1 saturated carbocycles. The van der Waals surface area contributed by atoms with Gasteiger partial charge < -0.3 is 4.42 Å². The van der Waals surface area contributed by atoms with Crippen LogP contribution in [0.1, 0.15) is 41.5 Å². The van der Waals surface area contributed by atoms with E-state index in [1.807, 2.05) is 36.4 Å². The summed E-state index contributed by atoms with van der Waals surface area (Å²) in [5.41, 5.74) is 1.79. The van der Waals surface area contributed by atoms with Gasteiger partial charge in [-0.15, -0.1) is 10.2 Å². The third kappa shape index (κ3) is 3.22. The third-order valence-corrected chi connectivity index (χ3v) is 5.04. The molecular formula is C18H16N4OS. The molecule has 120 valence electrons. The van der Waals surface area contributed by atoms with Gasteiger partial charge in [-0.25, -0.2) is 0 Å². The second-order valence-electron chi connectivity index (χ2n) is 5.88. The molecule has 24 heavy (non-hydrogen) atoms. The van der Waals surface area contributed by atoms with Crippen LogP contribution in [0.3, 0.4) is 0 Å². The molecule has 3 aromatic rings. The molecule has 2 aromatic heterocycles. The zero-order valence-corrected chi connectivity index (χ0v) is 13.9. The summed E-state index contributed by atoms with van der Waals surface area (Å²) in [5.74, 6) is 3.25. The van der Waals surface area contributed by atoms with Gasteiger partial charge in [0.15, 0.2) is 5.16 Å². The molecule has 4 rings (SSSR count). The van der Waals surface area contributed by atoms with Gasteiger partial charge >= 0.3 is 0 Å². The topological polar surface area (TPSA) is 67.6 Å². The van der Waals surface area contributed by atoms with Gasteiger partial charge in [-0.2, -0.15) is 5.26 Å². The smallest absolute Gasteiger partial charge is 0.191 e. The minimum atomic E-state index is 0.531. The zero-order valence-electron chi connectivity index (χ0n) is 13.1. The van der Waals surface area contributed by atoms with Crippen molar-refractivity contribution >= 4 is 11.8 Å². The quantitative estimate of drug-likeness (QED) is 0.637. The Morgan fingerprint density at radius 1 is 1.25 bits per heavy atom. The normalized spacial score (nSPS) is 13.8. The molecule has 0 unspecified atom stereocenters. The number of aromatic nitrogens is 3. The fraction of sp³-hybridized carbons (Fsp3) is 0.278. The Balaban J connectivity index is 1.55. The van der Waals surface area contributed by atoms with Crippen molar-refractivity contribution in [1.29, 1.82) is 5.26 Å². The maximum absolute atomic E-state index is 9.01. The molecular weight excluding hydrogens is 320 g/mol. The minimum Gasteiger partial charge on any atom is -0.467 e. The predicted octanol–water partition coefficient (Wildman–Crippen LogP) is 3.96. The summed E-state index contributed by atoms with van der Waals surface area (Å²) in [6.07, 6.45) is 4.06. The van der Waals surface area contributed by atoms with Gasteiger partial charge in [-0.05, 0) is 42.7 Å². The number of nitrogens with zero attached hydrogens (tertiary/aromatic N) is 4. The highest BCUT2D eigenvalue weighted by atomic mass is 32.2. The van der Waals surface area contributed by atoms with E-state index in [1.165, 1.54) is 12.8 Å². The second kappa shape index (κ2) is 6.54. The second-order valence-corrected chi connectivity index (χ2v) is 6.82. The van der Waals surface area contributed by atoms with Crippen LogP contribution in [-0.2, 0) is 12.3 Å². The van der Waals surface area contributed by atoms with Gasteiger partial charge in [0.2, 0.25) is 0 Å². The van der Waals surface area contributed by atoms with Crippen LogP contribution in [0.15, 0.2) is 52.2 Å². The fourth-order valence-corrected chi connectivity index (χ4v) is 3.52. The molecule has 0 bridgehead atoms. The highest BCUT2D eigenvalue weighted by molar-refractivity contribution is 7.98. The van der Waals surface area contributed by atoms with Gasteiger partial charge in [-0.1, -0.05) is 23.9 Å². The molecule has 0 atom stereocenters. The van der Waals surface area contributed by atoms with Crippen molar-refractivity contribution in [3.63, 3.8) is 0 Å². The Bertz CT molecular complexity index is 875. The average Bonchev–Trinajstić information content (AvgIpc) is 3.18. The molecule has 0 saturated heterocycles. The van der Waals surface area contributed by atoms with Crippen molar-refractivity contribution in [2.24, 2.45) is 0 Å². The predicted molar refractivity (Wildman–Crippen MR) is 90.5 cm³/mol. The highest BCUT2D eigenvalue weighted by Crippen LogP contribution is 2.40. The van der Waals surface area contributed by atoms with E-state index in [9.17, 15) is 0 Å². The Morgan fingerprint density at radius 3 is 2.92 bits per heavy atom. The lowest BCUT2D eigenvalue weighted by atomic mass is 10.2. The Hall–Kier alpha value is -2.52. The van der Waals surface area contributed by atoms with Crippen LogP contribution in [0.2, 0.25) is 0 Å². The molecule has 1 aliphatic carbocycles. The standard InChI is InChI=1S/C18H16N4OS/c19-10-13-3-1-4-14(9-13)12-24-18-21-20-17(15-6-7-15)22(18)11-16-5-2-8-23-16/h1-5,8-9,15H,6-7,11-12H2. The van der Waals surface area contributed by atoms with Crippen molar-refractivity contribution in [2.75, 3.05) is 0 Å². The van der Waals surface area contributed by atoms with Crippen LogP contribution in [0.25, 0.3) is 0 Å². The zero-order chi connectivity index (χ0) is 16.4. The lowest BCUT2D eigenvalue weighted by Gasteiger charge is -2.08. The minimum absolute atomic E-state index is 0.531. The number of hydrogen-bond donors (Lipinski definition) is 0. The molecule has 0 N–H and O–H groups in total. The lowest BCUT2D eigenvalue weighted by Crippen LogP contribution is -2.05. The number of thioether (sulfide) groups is 1. The third-order valence-electron chi connectivity index (χ3n) is 4.01. The number of furan rings is 1. The summed E-state index contributed by atoms with van der Waals surface area (Å²) < 4.78 is 7.65. The first kappa shape index (κ1) is 15.0. The van der Waals surface area contributed by atoms with E-state index in [1.54, 1.807) is 18.0 Å². The molecule has 0 spiro atoms. The molecule has 0 amide bonds. The summed E-state index contributed by atoms with van der Waals surface area (Å²) in [6, 6.07) is 13.7. The van der Waals surface area contributed by atoms with Crippen LogP contribution in [0, 0.1) is 11.3 Å². The van der Waals surface area contributed by atoms with E-state index in [-0.39, 0.29) is 0 Å². The van der Waals surface area contributed by atoms with Crippen molar-refractivity contribution in [3.05, 3.63) is 65.4 Å². The molecule has 2 heterocycles. The van der Waals surface area contributed by atoms with E-state index >= 15 is 0 Å². The summed E-state index contributed by atoms with van der Waals surface area (Å²) in [5, 5.41) is 18.7. The van der Waals surface area contributed by atoms with E-state index in [2.05, 4.69) is 20.8 Å². The number of rotatable bonds is 6. The van der Waals surface area contributed by atoms with Crippen molar-refractivity contribution in [2.45, 2.75) is 36.2 Å². The van der Waals surface area contributed by atoms with Gasteiger partial charge in [-0.3, -0.25) is 4.57 Å². The van der Waals surface area contributed by atoms with Gasteiger partial charge in [0.1, 0.15) is 11.6 Å². The Labute approximate surface area is 144 Å². The average molecular weight is 336 g/mol. The monoisotopic (exact) mass is 336 g/mol. The summed E-state index contributed by atoms with van der Waals surface area (Å²) >= 11 is 1.65. The van der Waals surface area contributed by atoms with E-state index in [4.69, 9.17) is 9.68 Å². The lowest BCUT2D eigenvalue weighted by molar-refractivity contribution is 0.478. The molecule has 5 nitrogen and oxygen atoms in total. The van der Waals surface area contributed by atoms with Crippen molar-refractivity contribution < 1.29 is 4.42 Å². The molecule has 0 aliphatic heterocycles. The summed E-state index contributed by atoms with van der Waals surface area (Å²) in [7, 11) is 0. The maximum Gasteiger partial charge on any atom is 0.191 e. The Kier molecular flexibility index (Phi) is 4.09. The first-order valence-corrected chi connectivity index (χ1v) is 8.89. The van der Waals surface area contributed by atoms with Gasteiger partial charge in [0.05, 0.1) is 24.4 Å². The number of benzene rings is 1. The number of hydrogen-bond acceptors (Lipinski definition) is 5. The summed E-state index contributed by atoms with van der Waals surface area (Å²) in [6.45, 7) is 0.659. The largest absolute Gasteiger partial charge is 0.467 e. The molecule has 1 aromatic carbocycles. The fourth-order valence-electron chi connectivity index (χ4n) is 2.64. The van der Waals surface area contributed by atoms with Crippen molar-refractivity contribution in [3.8, 4) is 6.07 Å². The Morgan fingerprint density at radius 2 is 2.17 bits per heavy atom. The highest BCUT2D eigenvalue weighted by Gasteiger charge is 2.30. The molecule has 1 fully saturated rings. The van der Waals surface area contributed by atoms with Crippen LogP contribution < -0.4 is 0 Å². The summed E-state index contributed by atoms with van der Waals surface area (Å²) in [4.78, 5) is 0. The number of nitriles is 1. The van der Waals surface area contributed by atoms with Crippen LogP contribution >= 0.6 is 11.8 Å².